The van der Waals surface area contributed by atoms with E-state index in [0.717, 1.165) is 0 Å². The van der Waals surface area contributed by atoms with Gasteiger partial charge in [0.05, 0.1) is 22.1 Å². The van der Waals surface area contributed by atoms with Crippen LogP contribution >= 0.6 is 11.3 Å². The maximum Gasteiger partial charge on any atom is 0.0754 e. The third-order valence-corrected chi connectivity index (χ3v) is 11.6. The van der Waals surface area contributed by atoms with Gasteiger partial charge < -0.3 is 4.57 Å². The smallest absolute Gasteiger partial charge is 0.0754 e. The minimum Gasteiger partial charge on any atom is -0.309 e. The third-order valence-electron chi connectivity index (χ3n) is 10.4. The predicted molar refractivity (Wildman–Crippen MR) is 190 cm³/mol. The molecule has 2 heteroatoms. The molecular weight excluding hydrogens is 563 g/mol. The molecule has 0 N–H and O–H groups in total. The van der Waals surface area contributed by atoms with Crippen molar-refractivity contribution in [1.29, 1.82) is 0 Å². The predicted octanol–water partition coefficient (Wildman–Crippen LogP) is 11.5. The summed E-state index contributed by atoms with van der Waals surface area (Å²) < 4.78 is 5.24. The van der Waals surface area contributed by atoms with Gasteiger partial charge in [0.1, 0.15) is 0 Å². The van der Waals surface area contributed by atoms with Gasteiger partial charge in [-0.15, -0.1) is 11.3 Å². The highest BCUT2D eigenvalue weighted by atomic mass is 32.1. The van der Waals surface area contributed by atoms with Gasteiger partial charge in [-0.3, -0.25) is 0 Å². The average molecular weight is 588 g/mol. The van der Waals surface area contributed by atoms with Gasteiger partial charge in [-0.25, -0.2) is 0 Å². The van der Waals surface area contributed by atoms with Crippen LogP contribution in [-0.2, 0) is 5.41 Å². The quantitative estimate of drug-likeness (QED) is 0.180. The lowest BCUT2D eigenvalue weighted by Crippen LogP contribution is -2.33. The van der Waals surface area contributed by atoms with Gasteiger partial charge in [-0.05, 0) is 62.7 Å². The molecule has 2 aliphatic rings. The first-order valence-electron chi connectivity index (χ1n) is 15.6. The lowest BCUT2D eigenvalue weighted by Gasteiger charge is -2.39. The topological polar surface area (TPSA) is 4.93 Å². The van der Waals surface area contributed by atoms with Gasteiger partial charge in [-0.1, -0.05) is 133 Å². The van der Waals surface area contributed by atoms with Crippen LogP contribution in [-0.4, -0.2) is 4.57 Å². The van der Waals surface area contributed by atoms with Crippen LogP contribution in [0, 0.1) is 0 Å². The minimum atomic E-state index is -0.408. The Morgan fingerprint density at radius 2 is 1.07 bits per heavy atom. The Hall–Kier alpha value is -5.44. The van der Waals surface area contributed by atoms with Crippen LogP contribution in [0.1, 0.15) is 22.3 Å². The van der Waals surface area contributed by atoms with E-state index in [1.54, 1.807) is 0 Å². The van der Waals surface area contributed by atoms with Gasteiger partial charge in [0.2, 0.25) is 0 Å². The zero-order valence-corrected chi connectivity index (χ0v) is 25.1. The van der Waals surface area contributed by atoms with Gasteiger partial charge >= 0.3 is 0 Å². The van der Waals surface area contributed by atoms with Gasteiger partial charge in [0, 0.05) is 30.9 Å². The van der Waals surface area contributed by atoms with Crippen LogP contribution in [0.4, 0.5) is 0 Å². The van der Waals surface area contributed by atoms with E-state index in [-0.39, 0.29) is 0 Å². The second kappa shape index (κ2) is 8.38. The Balaban J connectivity index is 1.32. The Morgan fingerprint density at radius 1 is 0.444 bits per heavy atom. The summed E-state index contributed by atoms with van der Waals surface area (Å²) in [6.07, 6.45) is 0. The van der Waals surface area contributed by atoms with Crippen molar-refractivity contribution in [2.24, 2.45) is 0 Å². The molecule has 208 valence electrons. The molecule has 0 saturated carbocycles. The Kier molecular flexibility index (Phi) is 4.46. The average Bonchev–Trinajstić information content (AvgIpc) is 3.75. The summed E-state index contributed by atoms with van der Waals surface area (Å²) in [5, 5.41) is 5.28. The number of fused-ring (bicyclic) bond motifs is 15. The van der Waals surface area contributed by atoms with E-state index in [2.05, 4.69) is 156 Å². The number of thiophene rings is 1. The molecule has 11 rings (SSSR count). The standard InChI is InChI=1S/C43H25NS/c1-5-18-34-28(11-1)29-12-2-6-19-35(29)43(34)36-24-23-26(27-15-9-17-33-31-14-4-8-22-40(31)45-42(27)33)25-39(36)44-38-21-7-3-13-30(38)32-16-10-20-37(43)41(32)44/h1-25H. The number of hydrogen-bond donors (Lipinski definition) is 0. The third kappa shape index (κ3) is 2.80. The highest BCUT2D eigenvalue weighted by molar-refractivity contribution is 7.26. The summed E-state index contributed by atoms with van der Waals surface area (Å²) in [6, 6.07) is 56.9. The SMILES string of the molecule is c1ccc2c(c1)-c1ccccc1C21c2ccc(-c3cccc4c3sc3ccccc34)cc2-n2c3ccccc3c3cccc1c32. The van der Waals surface area contributed by atoms with E-state index in [1.807, 2.05) is 11.3 Å². The zero-order chi connectivity index (χ0) is 29.3. The molecule has 0 saturated heterocycles. The molecule has 1 spiro atoms. The molecular formula is C43H25NS. The summed E-state index contributed by atoms with van der Waals surface area (Å²) in [7, 11) is 0. The maximum absolute atomic E-state index is 2.55. The van der Waals surface area contributed by atoms with Crippen LogP contribution in [0.3, 0.4) is 0 Å². The number of aromatic nitrogens is 1. The second-order valence-electron chi connectivity index (χ2n) is 12.4. The molecule has 0 fully saturated rings. The Morgan fingerprint density at radius 3 is 1.91 bits per heavy atom. The van der Waals surface area contributed by atoms with E-state index in [0.29, 0.717) is 0 Å². The van der Waals surface area contributed by atoms with Crippen molar-refractivity contribution in [2.45, 2.75) is 5.41 Å². The molecule has 45 heavy (non-hydrogen) atoms. The molecule has 3 heterocycles. The summed E-state index contributed by atoms with van der Waals surface area (Å²) in [4.78, 5) is 0. The van der Waals surface area contributed by atoms with E-state index in [4.69, 9.17) is 0 Å². The van der Waals surface area contributed by atoms with Crippen LogP contribution in [0.2, 0.25) is 0 Å². The van der Waals surface area contributed by atoms with Crippen molar-refractivity contribution in [3.8, 4) is 27.9 Å². The zero-order valence-electron chi connectivity index (χ0n) is 24.3. The molecule has 0 bridgehead atoms. The monoisotopic (exact) mass is 587 g/mol. The molecule has 0 radical (unpaired) electrons. The fourth-order valence-corrected chi connectivity index (χ4v) is 9.95. The molecule has 0 atom stereocenters. The first-order valence-corrected chi connectivity index (χ1v) is 16.4. The highest BCUT2D eigenvalue weighted by Crippen LogP contribution is 2.61. The number of para-hydroxylation sites is 2. The van der Waals surface area contributed by atoms with Crippen molar-refractivity contribution in [3.05, 3.63) is 174 Å². The molecule has 2 aromatic heterocycles. The van der Waals surface area contributed by atoms with E-state index < -0.39 is 5.41 Å². The fraction of sp³-hybridized carbons (Fsp3) is 0.0233. The number of nitrogens with zero attached hydrogens (tertiary/aromatic N) is 1. The fourth-order valence-electron chi connectivity index (χ4n) is 8.71. The van der Waals surface area contributed by atoms with Crippen molar-refractivity contribution >= 4 is 53.3 Å². The largest absolute Gasteiger partial charge is 0.309 e. The van der Waals surface area contributed by atoms with Crippen molar-refractivity contribution in [1.82, 2.24) is 4.57 Å². The van der Waals surface area contributed by atoms with Crippen LogP contribution in [0.15, 0.2) is 152 Å². The van der Waals surface area contributed by atoms with Crippen molar-refractivity contribution in [3.63, 3.8) is 0 Å². The molecule has 7 aromatic carbocycles. The first kappa shape index (κ1) is 23.9. The second-order valence-corrected chi connectivity index (χ2v) is 13.5. The van der Waals surface area contributed by atoms with Crippen LogP contribution < -0.4 is 0 Å². The first-order chi connectivity index (χ1) is 22.3. The molecule has 1 aliphatic heterocycles. The molecule has 0 amide bonds. The lowest BCUT2D eigenvalue weighted by molar-refractivity contribution is 0.749. The summed E-state index contributed by atoms with van der Waals surface area (Å²) in [5.41, 5.74) is 14.1. The normalized spacial score (nSPS) is 14.0. The van der Waals surface area contributed by atoms with E-state index >= 15 is 0 Å². The highest BCUT2D eigenvalue weighted by Gasteiger charge is 2.50. The van der Waals surface area contributed by atoms with E-state index in [1.165, 1.54) is 92.2 Å². The molecule has 1 aliphatic carbocycles. The minimum absolute atomic E-state index is 0.408. The number of rotatable bonds is 1. The summed E-state index contributed by atoms with van der Waals surface area (Å²) in [5.74, 6) is 0. The molecule has 1 nitrogen and oxygen atoms in total. The summed E-state index contributed by atoms with van der Waals surface area (Å²) in [6.45, 7) is 0. The van der Waals surface area contributed by atoms with Gasteiger partial charge in [0.25, 0.3) is 0 Å². The van der Waals surface area contributed by atoms with Crippen molar-refractivity contribution in [2.75, 3.05) is 0 Å². The van der Waals surface area contributed by atoms with Gasteiger partial charge in [-0.2, -0.15) is 0 Å². The Bertz CT molecular complexity index is 2670. The lowest BCUT2D eigenvalue weighted by atomic mass is 9.65. The Labute approximate surface area is 264 Å². The van der Waals surface area contributed by atoms with E-state index in [9.17, 15) is 0 Å². The van der Waals surface area contributed by atoms with Crippen LogP contribution in [0.5, 0.6) is 0 Å². The number of benzene rings is 7. The molecule has 0 unspecified atom stereocenters. The number of hydrogen-bond acceptors (Lipinski definition) is 1. The van der Waals surface area contributed by atoms with Gasteiger partial charge in [0.15, 0.2) is 0 Å². The van der Waals surface area contributed by atoms with Crippen LogP contribution in [0.25, 0.3) is 69.9 Å². The molecule has 9 aromatic rings. The summed E-state index contributed by atoms with van der Waals surface area (Å²) >= 11 is 1.90. The maximum atomic E-state index is 2.55. The van der Waals surface area contributed by atoms with Crippen molar-refractivity contribution < 1.29 is 0 Å².